The van der Waals surface area contributed by atoms with E-state index in [1.165, 1.54) is 29.3 Å². The van der Waals surface area contributed by atoms with Crippen molar-refractivity contribution >= 4 is 39.3 Å². The fraction of sp³-hybridized carbons (Fsp3) is 0.238. The molecule has 1 aliphatic heterocycles. The van der Waals surface area contributed by atoms with Crippen LogP contribution in [0.4, 0.5) is 16.4 Å². The van der Waals surface area contributed by atoms with Gasteiger partial charge in [0.1, 0.15) is 0 Å². The molecule has 9 nitrogen and oxygen atoms in total. The average Bonchev–Trinajstić information content (AvgIpc) is 3.43. The molecule has 1 saturated heterocycles. The summed E-state index contributed by atoms with van der Waals surface area (Å²) in [7, 11) is 0. The van der Waals surface area contributed by atoms with Gasteiger partial charge in [0.2, 0.25) is 5.95 Å². The molecule has 5 rings (SSSR count). The molecule has 3 aromatic heterocycles. The van der Waals surface area contributed by atoms with Gasteiger partial charge in [0.05, 0.1) is 35.8 Å². The Morgan fingerprint density at radius 3 is 2.74 bits per heavy atom. The van der Waals surface area contributed by atoms with Crippen LogP contribution in [-0.2, 0) is 11.3 Å². The number of rotatable bonds is 5. The quantitative estimate of drug-likeness (QED) is 0.488. The highest BCUT2D eigenvalue weighted by Crippen LogP contribution is 2.33. The Labute approximate surface area is 181 Å². The van der Waals surface area contributed by atoms with Crippen molar-refractivity contribution in [1.29, 1.82) is 0 Å². The second-order valence-electron chi connectivity index (χ2n) is 7.22. The molecule has 2 N–H and O–H groups in total. The fourth-order valence-corrected chi connectivity index (χ4v) is 4.37. The highest BCUT2D eigenvalue weighted by atomic mass is 32.1. The van der Waals surface area contributed by atoms with Crippen LogP contribution in [0.2, 0.25) is 0 Å². The van der Waals surface area contributed by atoms with E-state index in [-0.39, 0.29) is 0 Å². The summed E-state index contributed by atoms with van der Waals surface area (Å²) in [5, 5.41) is 18.1. The maximum atomic E-state index is 11.1. The minimum Gasteiger partial charge on any atom is -0.463 e. The van der Waals surface area contributed by atoms with Crippen LogP contribution in [-0.4, -0.2) is 62.2 Å². The Morgan fingerprint density at radius 2 is 2.00 bits per heavy atom. The van der Waals surface area contributed by atoms with Crippen molar-refractivity contribution in [3.8, 4) is 11.1 Å². The van der Waals surface area contributed by atoms with Gasteiger partial charge in [0.15, 0.2) is 0 Å². The number of morpholine rings is 1. The highest BCUT2D eigenvalue weighted by Gasteiger charge is 2.14. The van der Waals surface area contributed by atoms with E-state index in [4.69, 9.17) is 9.84 Å². The SMILES string of the molecule is O=C(O)n1cc(-c2csc3cnc(Nc4ccc(CN5CCOCC5)cc4)nc23)cn1. The number of nitrogens with zero attached hydrogens (tertiary/aromatic N) is 5. The number of anilines is 2. The lowest BCUT2D eigenvalue weighted by molar-refractivity contribution is 0.0342. The number of fused-ring (bicyclic) bond motifs is 1. The molecular weight excluding hydrogens is 416 g/mol. The number of hydrogen-bond acceptors (Lipinski definition) is 8. The van der Waals surface area contributed by atoms with Crippen molar-refractivity contribution in [2.75, 3.05) is 31.6 Å². The third kappa shape index (κ3) is 4.26. The summed E-state index contributed by atoms with van der Waals surface area (Å²) in [5.41, 5.74) is 4.45. The number of aromatic nitrogens is 4. The molecular formula is C21H20N6O3S. The van der Waals surface area contributed by atoms with E-state index in [1.54, 1.807) is 6.20 Å². The number of benzene rings is 1. The van der Waals surface area contributed by atoms with Gasteiger partial charge >= 0.3 is 6.09 Å². The Hall–Kier alpha value is -3.34. The molecule has 0 saturated carbocycles. The third-order valence-electron chi connectivity index (χ3n) is 5.12. The van der Waals surface area contributed by atoms with Gasteiger partial charge in [-0.1, -0.05) is 12.1 Å². The first-order valence-corrected chi connectivity index (χ1v) is 10.7. The topological polar surface area (TPSA) is 105 Å². The monoisotopic (exact) mass is 436 g/mol. The molecule has 1 fully saturated rings. The fourth-order valence-electron chi connectivity index (χ4n) is 3.50. The lowest BCUT2D eigenvalue weighted by Gasteiger charge is -2.26. The molecule has 158 valence electrons. The molecule has 1 aliphatic rings. The molecule has 4 aromatic rings. The molecule has 1 aromatic carbocycles. The Bertz CT molecular complexity index is 1210. The lowest BCUT2D eigenvalue weighted by atomic mass is 10.2. The van der Waals surface area contributed by atoms with Crippen molar-refractivity contribution in [2.45, 2.75) is 6.54 Å². The number of carbonyl (C=O) groups is 1. The van der Waals surface area contributed by atoms with Crippen LogP contribution in [0.3, 0.4) is 0 Å². The zero-order valence-electron chi connectivity index (χ0n) is 16.6. The van der Waals surface area contributed by atoms with Crippen molar-refractivity contribution in [2.24, 2.45) is 0 Å². The second-order valence-corrected chi connectivity index (χ2v) is 8.13. The minimum atomic E-state index is -1.13. The van der Waals surface area contributed by atoms with Crippen molar-refractivity contribution < 1.29 is 14.6 Å². The molecule has 4 heterocycles. The first-order chi connectivity index (χ1) is 15.2. The van der Waals surface area contributed by atoms with E-state index in [9.17, 15) is 4.79 Å². The molecule has 0 aliphatic carbocycles. The summed E-state index contributed by atoms with van der Waals surface area (Å²) >= 11 is 1.51. The predicted molar refractivity (Wildman–Crippen MR) is 118 cm³/mol. The van der Waals surface area contributed by atoms with Gasteiger partial charge in [-0.2, -0.15) is 9.78 Å². The molecule has 0 radical (unpaired) electrons. The minimum absolute atomic E-state index is 0.485. The van der Waals surface area contributed by atoms with Gasteiger partial charge in [0, 0.05) is 48.0 Å². The van der Waals surface area contributed by atoms with Crippen molar-refractivity contribution in [3.05, 3.63) is 53.8 Å². The maximum Gasteiger partial charge on any atom is 0.432 e. The van der Waals surface area contributed by atoms with Crippen LogP contribution < -0.4 is 5.32 Å². The summed E-state index contributed by atoms with van der Waals surface area (Å²) in [6.45, 7) is 4.42. The predicted octanol–water partition coefficient (Wildman–Crippen LogP) is 3.66. The highest BCUT2D eigenvalue weighted by molar-refractivity contribution is 7.17. The van der Waals surface area contributed by atoms with E-state index in [2.05, 4.69) is 37.4 Å². The summed E-state index contributed by atoms with van der Waals surface area (Å²) in [6.07, 6.45) is 3.65. The summed E-state index contributed by atoms with van der Waals surface area (Å²) in [4.78, 5) is 22.6. The molecule has 0 unspecified atom stereocenters. The van der Waals surface area contributed by atoms with Gasteiger partial charge in [-0.25, -0.2) is 14.8 Å². The molecule has 10 heteroatoms. The van der Waals surface area contributed by atoms with Gasteiger partial charge in [-0.15, -0.1) is 11.3 Å². The summed E-state index contributed by atoms with van der Waals surface area (Å²) in [6, 6.07) is 8.25. The lowest BCUT2D eigenvalue weighted by Crippen LogP contribution is -2.35. The second kappa shape index (κ2) is 8.42. The first-order valence-electron chi connectivity index (χ1n) is 9.84. The standard InChI is InChI=1S/C21H20N6O3S/c28-21(29)27-12-15(9-23-27)17-13-31-18-10-22-20(25-19(17)18)24-16-3-1-14(2-4-16)11-26-5-7-30-8-6-26/h1-4,9-10,12-13H,5-8,11H2,(H,28,29)(H,22,24,25). The Kier molecular flexibility index (Phi) is 5.33. The average molecular weight is 436 g/mol. The van der Waals surface area contributed by atoms with E-state index in [0.717, 1.165) is 59.0 Å². The van der Waals surface area contributed by atoms with Crippen LogP contribution in [0.5, 0.6) is 0 Å². The van der Waals surface area contributed by atoms with E-state index in [0.29, 0.717) is 11.5 Å². The summed E-state index contributed by atoms with van der Waals surface area (Å²) < 4.78 is 7.21. The van der Waals surface area contributed by atoms with Crippen LogP contribution in [0.1, 0.15) is 5.56 Å². The number of hydrogen-bond donors (Lipinski definition) is 2. The van der Waals surface area contributed by atoms with Gasteiger partial charge in [-0.05, 0) is 17.7 Å². The van der Waals surface area contributed by atoms with Crippen LogP contribution >= 0.6 is 11.3 Å². The van der Waals surface area contributed by atoms with E-state index < -0.39 is 6.09 Å². The van der Waals surface area contributed by atoms with Gasteiger partial charge in [0.25, 0.3) is 0 Å². The number of nitrogens with one attached hydrogen (secondary N) is 1. The Morgan fingerprint density at radius 1 is 1.19 bits per heavy atom. The first kappa shape index (κ1) is 19.6. The van der Waals surface area contributed by atoms with Gasteiger partial charge in [-0.3, -0.25) is 4.90 Å². The molecule has 0 atom stereocenters. The third-order valence-corrected chi connectivity index (χ3v) is 6.03. The molecule has 0 spiro atoms. The van der Waals surface area contributed by atoms with E-state index in [1.807, 2.05) is 17.5 Å². The zero-order chi connectivity index (χ0) is 21.2. The van der Waals surface area contributed by atoms with Crippen molar-refractivity contribution in [3.63, 3.8) is 0 Å². The zero-order valence-corrected chi connectivity index (χ0v) is 17.4. The number of carboxylic acid groups (broad SMARTS) is 1. The molecule has 0 amide bonds. The maximum absolute atomic E-state index is 11.1. The molecule has 31 heavy (non-hydrogen) atoms. The van der Waals surface area contributed by atoms with Crippen molar-refractivity contribution in [1.82, 2.24) is 24.6 Å². The van der Waals surface area contributed by atoms with E-state index >= 15 is 0 Å². The Balaban J connectivity index is 1.33. The normalized spacial score (nSPS) is 14.7. The van der Waals surface area contributed by atoms with Gasteiger partial charge < -0.3 is 15.2 Å². The number of thiophene rings is 1. The molecule has 0 bridgehead atoms. The van der Waals surface area contributed by atoms with Crippen LogP contribution in [0.15, 0.2) is 48.2 Å². The van der Waals surface area contributed by atoms with Crippen LogP contribution in [0, 0.1) is 0 Å². The van der Waals surface area contributed by atoms with Crippen LogP contribution in [0.25, 0.3) is 21.3 Å². The summed E-state index contributed by atoms with van der Waals surface area (Å²) in [5.74, 6) is 0.485. The smallest absolute Gasteiger partial charge is 0.432 e. The number of ether oxygens (including phenoxy) is 1. The largest absolute Gasteiger partial charge is 0.463 e.